The van der Waals surface area contributed by atoms with E-state index in [0.29, 0.717) is 25.0 Å². The zero-order valence-corrected chi connectivity index (χ0v) is 42.8. The van der Waals surface area contributed by atoms with Crippen LogP contribution >= 0.6 is 11.3 Å². The molecule has 5 atom stereocenters. The van der Waals surface area contributed by atoms with E-state index in [2.05, 4.69) is 20.6 Å². The van der Waals surface area contributed by atoms with Gasteiger partial charge >= 0.3 is 0 Å². The van der Waals surface area contributed by atoms with Gasteiger partial charge in [-0.05, 0) is 86.3 Å². The Labute approximate surface area is 423 Å². The molecule has 12 nitrogen and oxygen atoms in total. The molecule has 3 amide bonds. The second kappa shape index (κ2) is 22.0. The molecule has 0 bridgehead atoms. The molecule has 2 aliphatic heterocycles. The zero-order chi connectivity index (χ0) is 51.5. The summed E-state index contributed by atoms with van der Waals surface area (Å²) in [6.45, 7) is 12.5. The number of H-pyrrole nitrogens is 1. The number of carbonyl (C=O) groups excluding carboxylic acids is 3. The molecule has 72 heavy (non-hydrogen) atoms. The van der Waals surface area contributed by atoms with Crippen LogP contribution in [0.4, 0.5) is 13.2 Å². The summed E-state index contributed by atoms with van der Waals surface area (Å²) in [4.78, 5) is 52.9. The molecule has 8 rings (SSSR count). The van der Waals surface area contributed by atoms with Crippen molar-refractivity contribution in [3.63, 3.8) is 0 Å². The van der Waals surface area contributed by atoms with Crippen molar-refractivity contribution in [1.29, 1.82) is 0 Å². The molecular weight excluding hydrogens is 942 g/mol. The number of amides is 3. The second-order valence-corrected chi connectivity index (χ2v) is 21.8. The molecule has 2 aromatic heterocycles. The summed E-state index contributed by atoms with van der Waals surface area (Å²) in [5, 5.41) is 17.4. The Morgan fingerprint density at radius 3 is 2.38 bits per heavy atom. The van der Waals surface area contributed by atoms with Crippen LogP contribution < -0.4 is 15.4 Å². The van der Waals surface area contributed by atoms with E-state index >= 15 is 13.2 Å². The first-order chi connectivity index (χ1) is 34.2. The molecule has 4 N–H and O–H groups in total. The number of alkyl halides is 1. The van der Waals surface area contributed by atoms with Crippen molar-refractivity contribution in [3.05, 3.63) is 141 Å². The van der Waals surface area contributed by atoms with Crippen LogP contribution in [0.1, 0.15) is 99.6 Å². The van der Waals surface area contributed by atoms with Gasteiger partial charge in [-0.25, -0.2) is 18.2 Å². The monoisotopic (exact) mass is 1010 g/mol. The number of aromatic nitrogens is 2. The molecule has 0 saturated carbocycles. The standard InChI is InChI=1S/C56H65F3N6O6S/c1-33-22-42-41-15-8-9-16-45(41)62-49(42)50(65(33)31-56(6,7)59)48-43(57)25-40(26-44(48)58)71-21-11-14-35-12-10-13-37(23-35)29-70-30-47(67)63-52(55(3,4)5)54(69)64-28-39(66)24-46(64)53(68)60-27-36-17-19-38(20-18-36)51-34(2)61-32-72-51/h8-10,12-13,15-20,23,25-26,32-33,39,46,50,52,62,66H,11,14,21-22,24,27-31H2,1-7H3,(H,60,68)(H,63,67)/t33-,39-,46+,50-,52?/m1/s1. The summed E-state index contributed by atoms with van der Waals surface area (Å²) in [5.74, 6) is -2.85. The number of thiazole rings is 1. The van der Waals surface area contributed by atoms with Gasteiger partial charge in [-0.15, -0.1) is 11.3 Å². The van der Waals surface area contributed by atoms with Gasteiger partial charge in [0.15, 0.2) is 0 Å². The fourth-order valence-electron chi connectivity index (χ4n) is 9.99. The molecule has 2 aliphatic rings. The van der Waals surface area contributed by atoms with Gasteiger partial charge in [0.2, 0.25) is 17.7 Å². The molecule has 4 heterocycles. The maximum atomic E-state index is 16.2. The number of halogens is 3. The van der Waals surface area contributed by atoms with E-state index < -0.39 is 64.7 Å². The Morgan fingerprint density at radius 1 is 0.958 bits per heavy atom. The third-order valence-electron chi connectivity index (χ3n) is 13.5. The largest absolute Gasteiger partial charge is 0.493 e. The first-order valence-corrected chi connectivity index (χ1v) is 25.5. The molecule has 1 fully saturated rings. The Morgan fingerprint density at radius 2 is 1.68 bits per heavy atom. The summed E-state index contributed by atoms with van der Waals surface area (Å²) in [5.41, 5.74) is 6.46. The van der Waals surface area contributed by atoms with E-state index in [1.165, 1.54) is 30.9 Å². The van der Waals surface area contributed by atoms with Crippen molar-refractivity contribution in [2.75, 3.05) is 26.3 Å². The van der Waals surface area contributed by atoms with Gasteiger partial charge in [0.05, 0.1) is 41.4 Å². The number of ether oxygens (including phenoxy) is 2. The average Bonchev–Trinajstić information content (AvgIpc) is 4.05. The number of rotatable bonds is 18. The van der Waals surface area contributed by atoms with Gasteiger partial charge in [0, 0.05) is 66.4 Å². The Hall–Kier alpha value is -6.07. The van der Waals surface area contributed by atoms with Crippen molar-refractivity contribution >= 4 is 40.0 Å². The van der Waals surface area contributed by atoms with Crippen LogP contribution in [0.3, 0.4) is 0 Å². The summed E-state index contributed by atoms with van der Waals surface area (Å²) < 4.78 is 59.3. The van der Waals surface area contributed by atoms with Crippen LogP contribution in [0.2, 0.25) is 0 Å². The molecule has 1 saturated heterocycles. The third-order valence-corrected chi connectivity index (χ3v) is 14.5. The highest BCUT2D eigenvalue weighted by molar-refractivity contribution is 7.13. The summed E-state index contributed by atoms with van der Waals surface area (Å²) in [6, 6.07) is 22.7. The van der Waals surface area contributed by atoms with Gasteiger partial charge in [-0.2, -0.15) is 0 Å². The topological polar surface area (TPSA) is 149 Å². The number of para-hydroxylation sites is 1. The van der Waals surface area contributed by atoms with Crippen LogP contribution in [0, 0.1) is 24.0 Å². The number of nitrogens with zero attached hydrogens (tertiary/aromatic N) is 3. The highest BCUT2D eigenvalue weighted by Gasteiger charge is 2.45. The van der Waals surface area contributed by atoms with Crippen molar-refractivity contribution in [1.82, 2.24) is 30.4 Å². The van der Waals surface area contributed by atoms with Gasteiger partial charge < -0.3 is 35.1 Å². The second-order valence-electron chi connectivity index (χ2n) is 20.9. The van der Waals surface area contributed by atoms with Gasteiger partial charge in [0.25, 0.3) is 0 Å². The summed E-state index contributed by atoms with van der Waals surface area (Å²) in [6.07, 6.45) is 0.913. The first kappa shape index (κ1) is 52.3. The Bertz CT molecular complexity index is 2870. The number of hydrogen-bond acceptors (Lipinski definition) is 9. The number of aliphatic hydroxyl groups excluding tert-OH is 1. The van der Waals surface area contributed by atoms with Crippen molar-refractivity contribution in [3.8, 4) is 16.2 Å². The Balaban J connectivity index is 0.819. The van der Waals surface area contributed by atoms with E-state index in [4.69, 9.17) is 9.47 Å². The van der Waals surface area contributed by atoms with Crippen LogP contribution in [0.15, 0.2) is 90.4 Å². The van der Waals surface area contributed by atoms with Crippen LogP contribution in [-0.4, -0.2) is 98.8 Å². The molecule has 16 heteroatoms. The molecule has 6 aromatic rings. The first-order valence-electron chi connectivity index (χ1n) is 24.6. The lowest BCUT2D eigenvalue weighted by Crippen LogP contribution is -2.58. The minimum Gasteiger partial charge on any atom is -0.493 e. The zero-order valence-electron chi connectivity index (χ0n) is 42.0. The lowest BCUT2D eigenvalue weighted by molar-refractivity contribution is -0.144. The number of carbonyl (C=O) groups is 3. The molecule has 0 radical (unpaired) electrons. The SMILES string of the molecule is Cc1ncsc1-c1ccc(CNC(=O)[C@@H]2C[C@@H](O)CN2C(=O)C(NC(=O)COCc2cccc(CCCOc3cc(F)c([C@@H]4c5[nH]c6ccccc6c5C[C@@H](C)N4CC(C)(C)F)c(F)c3)c2)C(C)(C)C)cc1. The molecule has 1 unspecified atom stereocenters. The van der Waals surface area contributed by atoms with Gasteiger partial charge in [0.1, 0.15) is 41.7 Å². The maximum Gasteiger partial charge on any atom is 0.246 e. The van der Waals surface area contributed by atoms with Gasteiger partial charge in [-0.3, -0.25) is 19.3 Å². The molecule has 0 spiro atoms. The van der Waals surface area contributed by atoms with E-state index in [1.54, 1.807) is 16.8 Å². The van der Waals surface area contributed by atoms with Crippen LogP contribution in [-0.2, 0) is 45.1 Å². The normalized spacial score (nSPS) is 18.8. The van der Waals surface area contributed by atoms with Crippen molar-refractivity contribution in [2.24, 2.45) is 5.41 Å². The van der Waals surface area contributed by atoms with E-state index in [1.807, 2.05) is 112 Å². The minimum atomic E-state index is -1.61. The number of likely N-dealkylation sites (tertiary alicyclic amines) is 1. The number of aliphatic hydroxyl groups is 1. The summed E-state index contributed by atoms with van der Waals surface area (Å²) in [7, 11) is 0. The highest BCUT2D eigenvalue weighted by Crippen LogP contribution is 2.44. The average molecular weight is 1010 g/mol. The highest BCUT2D eigenvalue weighted by atomic mass is 32.1. The number of β-amino-alcohol motifs (C(OH)–C–C–N with tert-alkyl or cyclic N) is 1. The van der Waals surface area contributed by atoms with Crippen molar-refractivity contribution < 1.29 is 42.1 Å². The lowest BCUT2D eigenvalue weighted by atomic mass is 9.85. The smallest absolute Gasteiger partial charge is 0.246 e. The van der Waals surface area contributed by atoms with E-state index in [9.17, 15) is 19.5 Å². The molecule has 0 aliphatic carbocycles. The van der Waals surface area contributed by atoms with Crippen LogP contribution in [0.5, 0.6) is 5.75 Å². The van der Waals surface area contributed by atoms with E-state index in [0.717, 1.165) is 49.3 Å². The quantitative estimate of drug-likeness (QED) is 0.0623. The number of hydrogen-bond donors (Lipinski definition) is 4. The van der Waals surface area contributed by atoms with Crippen molar-refractivity contribution in [2.45, 2.75) is 123 Å². The predicted octanol–water partition coefficient (Wildman–Crippen LogP) is 9.30. The maximum absolute atomic E-state index is 16.2. The lowest BCUT2D eigenvalue weighted by Gasteiger charge is -2.43. The number of fused-ring (bicyclic) bond motifs is 3. The Kier molecular flexibility index (Phi) is 15.9. The number of benzene rings is 4. The molecular formula is C56H65F3N6O6S. The van der Waals surface area contributed by atoms with Crippen LogP contribution in [0.25, 0.3) is 21.3 Å². The third kappa shape index (κ3) is 12.2. The fourth-order valence-corrected chi connectivity index (χ4v) is 10.8. The summed E-state index contributed by atoms with van der Waals surface area (Å²) >= 11 is 1.56. The predicted molar refractivity (Wildman–Crippen MR) is 273 cm³/mol. The van der Waals surface area contributed by atoms with E-state index in [-0.39, 0.29) is 63.2 Å². The molecule has 4 aromatic carbocycles. The number of nitrogens with one attached hydrogen (secondary N) is 3. The number of aromatic amines is 1. The minimum absolute atomic E-state index is 0.0168. The molecule has 382 valence electrons. The fraction of sp³-hybridized carbons (Fsp3) is 0.429. The number of aryl methyl sites for hydroxylation is 2. The van der Waals surface area contributed by atoms with Gasteiger partial charge in [-0.1, -0.05) is 87.5 Å².